The fourth-order valence-corrected chi connectivity index (χ4v) is 1.02. The van der Waals surface area contributed by atoms with E-state index in [9.17, 15) is 0 Å². The van der Waals surface area contributed by atoms with Gasteiger partial charge in [0.25, 0.3) is 0 Å². The van der Waals surface area contributed by atoms with Gasteiger partial charge < -0.3 is 19.2 Å². The minimum atomic E-state index is 1.12. The molecule has 1 aliphatic heterocycles. The standard InChI is InChI=1S/C5H10N2.4CH2O.Fe/c1-6-3-4-7(2)5-6;4*1-2;/h3-4H2,1-2H3;4*1H2;. The molecule has 1 saturated heterocycles. The van der Waals surface area contributed by atoms with Gasteiger partial charge in [0.15, 0.2) is 0 Å². The van der Waals surface area contributed by atoms with Gasteiger partial charge in [0.2, 0.25) is 0 Å². The van der Waals surface area contributed by atoms with Crippen molar-refractivity contribution in [3.8, 4) is 0 Å². The minimum absolute atomic E-state index is 1.12. The van der Waals surface area contributed by atoms with Gasteiger partial charge in [0.05, 0.1) is 0 Å². The first kappa shape index (κ1) is 24.3. The van der Waals surface area contributed by atoms with Gasteiger partial charge >= 0.3 is 57.2 Å². The molecule has 6 nitrogen and oxygen atoms in total. The van der Waals surface area contributed by atoms with Crippen molar-refractivity contribution in [1.82, 2.24) is 9.80 Å². The summed E-state index contributed by atoms with van der Waals surface area (Å²) in [6.45, 7) is 10.2. The van der Waals surface area contributed by atoms with E-state index in [0.717, 1.165) is 17.8 Å². The van der Waals surface area contributed by atoms with Crippen molar-refractivity contribution >= 4 is 31.8 Å². The summed E-state index contributed by atoms with van der Waals surface area (Å²) < 4.78 is 1.13. The van der Waals surface area contributed by atoms with Crippen LogP contribution in [0.4, 0.5) is 0 Å². The van der Waals surface area contributed by atoms with E-state index in [-0.39, 0.29) is 0 Å². The first-order valence-corrected chi connectivity index (χ1v) is 4.36. The van der Waals surface area contributed by atoms with Crippen LogP contribution in [0.2, 0.25) is 0 Å². The Labute approximate surface area is 104 Å². The molecule has 0 aromatic carbocycles. The maximum absolute atomic E-state index is 8.00. The van der Waals surface area contributed by atoms with Gasteiger partial charge in [0, 0.05) is 0 Å². The number of carbonyl (C=O) groups excluding carboxylic acids is 4. The Morgan fingerprint density at radius 3 is 1.06 bits per heavy atom. The van der Waals surface area contributed by atoms with E-state index >= 15 is 0 Å². The van der Waals surface area contributed by atoms with Gasteiger partial charge in [-0.05, 0) is 0 Å². The van der Waals surface area contributed by atoms with Crippen LogP contribution < -0.4 is 0 Å². The molecule has 7 heteroatoms. The Morgan fingerprint density at radius 2 is 1.00 bits per heavy atom. The quantitative estimate of drug-likeness (QED) is 0.514. The molecule has 1 heterocycles. The molecule has 1 rings (SSSR count). The van der Waals surface area contributed by atoms with Crippen LogP contribution in [0.3, 0.4) is 0 Å². The van der Waals surface area contributed by atoms with Crippen molar-refractivity contribution < 1.29 is 34.8 Å². The summed E-state index contributed by atoms with van der Waals surface area (Å²) in [5.41, 5.74) is 0. The molecule has 0 aromatic heterocycles. The zero-order valence-corrected chi connectivity index (χ0v) is 10.7. The zero-order valence-electron chi connectivity index (χ0n) is 9.62. The van der Waals surface area contributed by atoms with Crippen LogP contribution in [0.5, 0.6) is 0 Å². The molecule has 0 N–H and O–H groups in total. The topological polar surface area (TPSA) is 74.8 Å². The first-order valence-electron chi connectivity index (χ1n) is 3.81. The molecule has 1 aliphatic rings. The molecule has 1 fully saturated rings. The van der Waals surface area contributed by atoms with Crippen LogP contribution in [-0.4, -0.2) is 68.8 Å². The van der Waals surface area contributed by atoms with E-state index in [1.165, 1.54) is 0 Å². The average molecular weight is 274 g/mol. The molecule has 0 aliphatic carbocycles. The fraction of sp³-hybridized carbons (Fsp3) is 0.444. The van der Waals surface area contributed by atoms with Crippen molar-refractivity contribution in [2.24, 2.45) is 0 Å². The van der Waals surface area contributed by atoms with Crippen LogP contribution in [-0.2, 0) is 34.8 Å². The summed E-state index contributed by atoms with van der Waals surface area (Å²) >= 11 is 3.87. The average Bonchev–Trinajstić information content (AvgIpc) is 2.70. The fourth-order valence-electron chi connectivity index (χ4n) is 0.770. The van der Waals surface area contributed by atoms with Crippen molar-refractivity contribution in [1.29, 1.82) is 0 Å². The number of rotatable bonds is 0. The summed E-state index contributed by atoms with van der Waals surface area (Å²) in [5.74, 6) is 0. The molecule has 0 aromatic rings. The number of likely N-dealkylation sites (N-methyl/N-ethyl adjacent to an activating group) is 2. The van der Waals surface area contributed by atoms with Crippen LogP contribution in [0.25, 0.3) is 0 Å². The van der Waals surface area contributed by atoms with E-state index in [4.69, 9.17) is 19.2 Å². The van der Waals surface area contributed by atoms with E-state index in [0.29, 0.717) is 0 Å². The third kappa shape index (κ3) is 13.0. The van der Waals surface area contributed by atoms with E-state index in [1.54, 1.807) is 0 Å². The Balaban J connectivity index is -0.0000000771. The van der Waals surface area contributed by atoms with Crippen molar-refractivity contribution in [3.05, 3.63) is 0 Å². The Kier molecular flexibility index (Phi) is 35.9. The molecule has 0 spiro atoms. The SMILES string of the molecule is C=O.C=O.C=O.C=O.CN1CCN(C)[C]1=[Fe]. The molecule has 0 saturated carbocycles. The normalized spacial score (nSPS) is 13.6. The van der Waals surface area contributed by atoms with Gasteiger partial charge in [-0.25, -0.2) is 0 Å². The van der Waals surface area contributed by atoms with Crippen molar-refractivity contribution in [2.75, 3.05) is 27.2 Å². The molecule has 0 bridgehead atoms. The van der Waals surface area contributed by atoms with E-state index < -0.39 is 0 Å². The number of hydrogen-bond donors (Lipinski definition) is 0. The summed E-state index contributed by atoms with van der Waals surface area (Å²) in [6, 6.07) is 0. The van der Waals surface area contributed by atoms with Crippen LogP contribution in [0, 0.1) is 0 Å². The monoisotopic (exact) mass is 274 g/mol. The van der Waals surface area contributed by atoms with Gasteiger partial charge in [-0.3, -0.25) is 0 Å². The maximum atomic E-state index is 8.00. The zero-order chi connectivity index (χ0) is 14.1. The molecule has 0 amide bonds. The third-order valence-corrected chi connectivity index (χ3v) is 2.23. The molecule has 0 radical (unpaired) electrons. The molecule has 0 atom stereocenters. The molecular formula is C9H18FeN2O4. The van der Waals surface area contributed by atoms with E-state index in [2.05, 4.69) is 39.5 Å². The molecular weight excluding hydrogens is 256 g/mol. The Bertz CT molecular complexity index is 152. The van der Waals surface area contributed by atoms with Crippen molar-refractivity contribution in [3.63, 3.8) is 0 Å². The Hall–Kier alpha value is -1.01. The molecule has 16 heavy (non-hydrogen) atoms. The number of carbonyl (C=O) groups is 4. The van der Waals surface area contributed by atoms with Crippen LogP contribution in [0.15, 0.2) is 0 Å². The first-order chi connectivity index (χ1) is 7.72. The van der Waals surface area contributed by atoms with Crippen LogP contribution in [0.1, 0.15) is 0 Å². The predicted octanol–water partition coefficient (Wildman–Crippen LogP) is -1.24. The van der Waals surface area contributed by atoms with Crippen LogP contribution >= 0.6 is 0 Å². The second-order valence-corrected chi connectivity index (χ2v) is 2.60. The summed E-state index contributed by atoms with van der Waals surface area (Å²) in [6.07, 6.45) is 0. The van der Waals surface area contributed by atoms with Gasteiger partial charge in [-0.15, -0.1) is 0 Å². The second-order valence-electron chi connectivity index (χ2n) is 2.10. The number of hydrogen-bond acceptors (Lipinski definition) is 6. The molecule has 96 valence electrons. The van der Waals surface area contributed by atoms with E-state index in [1.807, 2.05) is 27.2 Å². The summed E-state index contributed by atoms with van der Waals surface area (Å²) in [5, 5.41) is 0. The number of nitrogens with zero attached hydrogens (tertiary/aromatic N) is 2. The van der Waals surface area contributed by atoms with Gasteiger partial charge in [0.1, 0.15) is 27.2 Å². The summed E-state index contributed by atoms with van der Waals surface area (Å²) in [7, 11) is 4.12. The Morgan fingerprint density at radius 1 is 0.812 bits per heavy atom. The summed E-state index contributed by atoms with van der Waals surface area (Å²) in [4.78, 5) is 36.3. The van der Waals surface area contributed by atoms with Gasteiger partial charge in [-0.2, -0.15) is 0 Å². The predicted molar refractivity (Wildman–Crippen MR) is 58.8 cm³/mol. The molecule has 0 unspecified atom stereocenters. The second kappa shape index (κ2) is 23.7. The third-order valence-electron chi connectivity index (χ3n) is 1.38. The van der Waals surface area contributed by atoms with Crippen molar-refractivity contribution in [2.45, 2.75) is 0 Å². The van der Waals surface area contributed by atoms with Gasteiger partial charge in [-0.1, -0.05) is 0 Å².